The average Bonchev–Trinajstić information content (AvgIpc) is 2.32. The Hall–Kier alpha value is -1.57. The summed E-state index contributed by atoms with van der Waals surface area (Å²) in [6.45, 7) is 0. The van der Waals surface area contributed by atoms with Crippen molar-refractivity contribution in [1.82, 2.24) is 14.7 Å². The van der Waals surface area contributed by atoms with Gasteiger partial charge in [-0.15, -0.1) is 0 Å². The van der Waals surface area contributed by atoms with E-state index >= 15 is 0 Å². The third-order valence-corrected chi connectivity index (χ3v) is 2.63. The van der Waals surface area contributed by atoms with Gasteiger partial charge >= 0.3 is 6.03 Å². The predicted octanol–water partition coefficient (Wildman–Crippen LogP) is -0.767. The maximum atomic E-state index is 11.1. The molecule has 0 saturated carbocycles. The zero-order valence-corrected chi connectivity index (χ0v) is 6.47. The molecule has 64 valence electrons. The number of rotatable bonds is 0. The van der Waals surface area contributed by atoms with E-state index in [1.54, 1.807) is 4.72 Å². The first kappa shape index (κ1) is 7.10. The van der Waals surface area contributed by atoms with Crippen molar-refractivity contribution in [2.75, 3.05) is 5.32 Å². The molecule has 0 fully saturated rings. The van der Waals surface area contributed by atoms with Crippen molar-refractivity contribution in [1.29, 1.82) is 0 Å². The van der Waals surface area contributed by atoms with Crippen LogP contribution in [0.25, 0.3) is 0 Å². The molecule has 2 rings (SSSR count). The van der Waals surface area contributed by atoms with Crippen molar-refractivity contribution in [2.24, 2.45) is 0 Å². The number of sulfonamides is 1. The number of hydrogen-bond donors (Lipinski definition) is 3. The lowest BCUT2D eigenvalue weighted by Gasteiger charge is -2.12. The Labute approximate surface area is 67.2 Å². The van der Waals surface area contributed by atoms with Crippen LogP contribution in [-0.2, 0) is 10.0 Å². The molecule has 8 heteroatoms. The fourth-order valence-electron chi connectivity index (χ4n) is 0.882. The van der Waals surface area contributed by atoms with E-state index in [1.807, 2.05) is 0 Å². The number of aromatic amines is 1. The van der Waals surface area contributed by atoms with Crippen LogP contribution in [0.4, 0.5) is 10.6 Å². The molecule has 1 aromatic rings. The summed E-state index contributed by atoms with van der Waals surface area (Å²) in [5.74, 6) is 0.0266. The van der Waals surface area contributed by atoms with Crippen LogP contribution < -0.4 is 10.0 Å². The highest BCUT2D eigenvalue weighted by molar-refractivity contribution is 7.90. The number of nitrogens with one attached hydrogen (secondary N) is 3. The van der Waals surface area contributed by atoms with Gasteiger partial charge in [0.1, 0.15) is 0 Å². The minimum absolute atomic E-state index is 0.0266. The van der Waals surface area contributed by atoms with Crippen molar-refractivity contribution < 1.29 is 13.2 Å². The molecule has 12 heavy (non-hydrogen) atoms. The summed E-state index contributed by atoms with van der Waals surface area (Å²) in [6, 6.07) is -0.797. The molecule has 0 unspecified atom stereocenters. The number of H-pyrrole nitrogens is 1. The van der Waals surface area contributed by atoms with Gasteiger partial charge in [0.25, 0.3) is 10.0 Å². The maximum absolute atomic E-state index is 11.1. The smallest absolute Gasteiger partial charge is 0.332 e. The van der Waals surface area contributed by atoms with Gasteiger partial charge in [0.15, 0.2) is 10.8 Å². The Kier molecular flexibility index (Phi) is 1.17. The molecule has 0 spiro atoms. The number of amides is 2. The van der Waals surface area contributed by atoms with Gasteiger partial charge in [-0.25, -0.2) is 14.5 Å². The molecule has 3 N–H and O–H groups in total. The van der Waals surface area contributed by atoms with Crippen LogP contribution in [-0.4, -0.2) is 24.4 Å². The van der Waals surface area contributed by atoms with Crippen LogP contribution in [0.5, 0.6) is 0 Å². The minimum Gasteiger partial charge on any atom is -0.332 e. The maximum Gasteiger partial charge on any atom is 0.334 e. The van der Waals surface area contributed by atoms with Crippen molar-refractivity contribution in [3.05, 3.63) is 6.33 Å². The van der Waals surface area contributed by atoms with Crippen LogP contribution in [0.1, 0.15) is 0 Å². The fraction of sp³-hybridized carbons (Fsp3) is 0. The van der Waals surface area contributed by atoms with Gasteiger partial charge in [-0.3, -0.25) is 5.32 Å². The topological polar surface area (TPSA) is 104 Å². The summed E-state index contributed by atoms with van der Waals surface area (Å²) in [7, 11) is -3.73. The molecule has 0 aromatic carbocycles. The number of carbonyl (C=O) groups is 1. The summed E-state index contributed by atoms with van der Waals surface area (Å²) in [4.78, 5) is 16.7. The highest BCUT2D eigenvalue weighted by Crippen LogP contribution is 2.18. The van der Waals surface area contributed by atoms with Crippen molar-refractivity contribution in [3.63, 3.8) is 0 Å². The van der Waals surface area contributed by atoms with E-state index in [9.17, 15) is 13.2 Å². The molecule has 0 aliphatic carbocycles. The molecule has 2 heterocycles. The lowest BCUT2D eigenvalue weighted by Crippen LogP contribution is -2.39. The van der Waals surface area contributed by atoms with E-state index in [4.69, 9.17) is 0 Å². The molecule has 0 radical (unpaired) electrons. The summed E-state index contributed by atoms with van der Waals surface area (Å²) < 4.78 is 24.0. The van der Waals surface area contributed by atoms with Gasteiger partial charge < -0.3 is 4.98 Å². The monoisotopic (exact) mass is 188 g/mol. The van der Waals surface area contributed by atoms with Gasteiger partial charge in [0.05, 0.1) is 6.33 Å². The van der Waals surface area contributed by atoms with Gasteiger partial charge in [-0.1, -0.05) is 0 Å². The molecule has 1 aliphatic heterocycles. The third kappa shape index (κ3) is 0.848. The van der Waals surface area contributed by atoms with Gasteiger partial charge in [0.2, 0.25) is 0 Å². The largest absolute Gasteiger partial charge is 0.334 e. The Morgan fingerprint density at radius 3 is 2.92 bits per heavy atom. The first-order valence-corrected chi connectivity index (χ1v) is 4.45. The first-order chi connectivity index (χ1) is 5.59. The Morgan fingerprint density at radius 2 is 2.17 bits per heavy atom. The van der Waals surface area contributed by atoms with E-state index in [0.717, 1.165) is 0 Å². The highest BCUT2D eigenvalue weighted by Gasteiger charge is 2.29. The molecule has 1 aromatic heterocycles. The lowest BCUT2D eigenvalue weighted by molar-refractivity contribution is 0.256. The molecule has 0 bridgehead atoms. The van der Waals surface area contributed by atoms with Crippen LogP contribution in [0.3, 0.4) is 0 Å². The molecular weight excluding hydrogens is 184 g/mol. The molecule has 7 nitrogen and oxygen atoms in total. The number of carbonyl (C=O) groups excluding carboxylic acids is 1. The Balaban J connectivity index is 2.68. The fourth-order valence-corrected chi connectivity index (χ4v) is 1.85. The Bertz CT molecular complexity index is 433. The number of anilines is 1. The molecule has 0 saturated heterocycles. The molecular formula is C4H4N4O3S. The molecule has 2 amide bonds. The van der Waals surface area contributed by atoms with Gasteiger partial charge in [-0.05, 0) is 0 Å². The third-order valence-electron chi connectivity index (χ3n) is 1.33. The first-order valence-electron chi connectivity index (χ1n) is 2.97. The summed E-state index contributed by atoms with van der Waals surface area (Å²) in [6.07, 6.45) is 1.19. The summed E-state index contributed by atoms with van der Waals surface area (Å²) in [5, 5.41) is 2.10. The van der Waals surface area contributed by atoms with Crippen molar-refractivity contribution in [3.8, 4) is 0 Å². The number of hydrogen-bond acceptors (Lipinski definition) is 4. The van der Waals surface area contributed by atoms with E-state index in [-0.39, 0.29) is 10.8 Å². The van der Waals surface area contributed by atoms with Crippen LogP contribution in [0, 0.1) is 0 Å². The van der Waals surface area contributed by atoms with Crippen LogP contribution >= 0.6 is 0 Å². The zero-order valence-electron chi connectivity index (χ0n) is 5.66. The highest BCUT2D eigenvalue weighted by atomic mass is 32.2. The second-order valence-electron chi connectivity index (χ2n) is 2.14. The lowest BCUT2D eigenvalue weighted by atomic mass is 10.7. The predicted molar refractivity (Wildman–Crippen MR) is 37.9 cm³/mol. The number of imidazole rings is 1. The number of nitrogens with zero attached hydrogens (tertiary/aromatic N) is 1. The Morgan fingerprint density at radius 1 is 1.42 bits per heavy atom. The van der Waals surface area contributed by atoms with Crippen LogP contribution in [0.2, 0.25) is 0 Å². The number of aromatic nitrogens is 2. The second-order valence-corrected chi connectivity index (χ2v) is 3.76. The average molecular weight is 188 g/mol. The van der Waals surface area contributed by atoms with E-state index in [1.165, 1.54) is 6.33 Å². The zero-order chi connectivity index (χ0) is 8.77. The van der Waals surface area contributed by atoms with Crippen LogP contribution in [0.15, 0.2) is 11.4 Å². The standard InChI is InChI=1S/C4H4N4O3S/c9-4-7-2-3(6-1-5-2)12(10,11)8-4/h1H,(H,5,6)(H2,7,8,9). The van der Waals surface area contributed by atoms with E-state index in [0.29, 0.717) is 0 Å². The molecule has 1 aliphatic rings. The normalized spacial score (nSPS) is 19.2. The summed E-state index contributed by atoms with van der Waals surface area (Å²) >= 11 is 0. The van der Waals surface area contributed by atoms with Crippen molar-refractivity contribution >= 4 is 21.9 Å². The van der Waals surface area contributed by atoms with Gasteiger partial charge in [-0.2, -0.15) is 8.42 Å². The van der Waals surface area contributed by atoms with Crippen molar-refractivity contribution in [2.45, 2.75) is 5.03 Å². The van der Waals surface area contributed by atoms with E-state index < -0.39 is 16.1 Å². The quantitative estimate of drug-likeness (QED) is 0.497. The van der Waals surface area contributed by atoms with E-state index in [2.05, 4.69) is 15.3 Å². The molecule has 0 atom stereocenters. The minimum atomic E-state index is -3.73. The van der Waals surface area contributed by atoms with Gasteiger partial charge in [0, 0.05) is 0 Å². The summed E-state index contributed by atoms with van der Waals surface area (Å²) in [5.41, 5.74) is 0. The number of urea groups is 1. The number of fused-ring (bicyclic) bond motifs is 1. The second kappa shape index (κ2) is 1.97. The SMILES string of the molecule is O=C1Nc2nc[nH]c2S(=O)(=O)N1.